The monoisotopic (exact) mass is 270 g/mol. The minimum Gasteiger partial charge on any atom is -0.319 e. The lowest BCUT2D eigenvalue weighted by atomic mass is 9.98. The minimum absolute atomic E-state index is 0.424. The summed E-state index contributed by atoms with van der Waals surface area (Å²) in [5, 5.41) is 3.21. The summed E-state index contributed by atoms with van der Waals surface area (Å²) in [6.45, 7) is 7.29. The van der Waals surface area contributed by atoms with Gasteiger partial charge in [-0.05, 0) is 44.0 Å². The second kappa shape index (κ2) is 6.57. The summed E-state index contributed by atoms with van der Waals surface area (Å²) >= 11 is 0. The summed E-state index contributed by atoms with van der Waals surface area (Å²) in [7, 11) is 1.97. The molecule has 0 saturated heterocycles. The Hall–Kier alpha value is -1.81. The molecule has 1 N–H and O–H groups in total. The Balaban J connectivity index is 2.26. The van der Waals surface area contributed by atoms with E-state index in [2.05, 4.69) is 47.1 Å². The van der Waals surface area contributed by atoms with Gasteiger partial charge in [-0.15, -0.1) is 0 Å². The van der Waals surface area contributed by atoms with Crippen LogP contribution in [0.4, 0.5) is 0 Å². The second-order valence-corrected chi connectivity index (χ2v) is 5.22. The van der Waals surface area contributed by atoms with Crippen molar-refractivity contribution in [3.05, 3.63) is 52.9 Å². The van der Waals surface area contributed by atoms with Gasteiger partial charge in [-0.1, -0.05) is 13.0 Å². The van der Waals surface area contributed by atoms with Gasteiger partial charge in [0.1, 0.15) is 5.82 Å². The van der Waals surface area contributed by atoms with Crippen molar-refractivity contribution in [3.8, 4) is 0 Å². The zero-order valence-electron chi connectivity index (χ0n) is 12.6. The highest BCUT2D eigenvalue weighted by atomic mass is 14.9. The summed E-state index contributed by atoms with van der Waals surface area (Å²) in [6.07, 6.45) is 4.38. The first-order chi connectivity index (χ1) is 9.61. The normalized spacial score (nSPS) is 12.4. The molecule has 1 atom stereocenters. The molecule has 0 bridgehead atoms. The first kappa shape index (κ1) is 14.6. The summed E-state index contributed by atoms with van der Waals surface area (Å²) < 4.78 is 0. The molecule has 0 saturated carbocycles. The standard InChI is InChI=1S/C16H22N4/c1-11(9-17-4)16-12(2)19-15(20-13(16)3)8-14-6-5-7-18-10-14/h5-7,10-11,17H,8-9H2,1-4H3. The van der Waals surface area contributed by atoms with E-state index in [1.165, 1.54) is 5.56 Å². The highest BCUT2D eigenvalue weighted by Crippen LogP contribution is 2.21. The van der Waals surface area contributed by atoms with E-state index in [-0.39, 0.29) is 0 Å². The van der Waals surface area contributed by atoms with E-state index < -0.39 is 0 Å². The predicted octanol–water partition coefficient (Wildman–Crippen LogP) is 2.40. The second-order valence-electron chi connectivity index (χ2n) is 5.22. The van der Waals surface area contributed by atoms with E-state index in [0.29, 0.717) is 5.92 Å². The van der Waals surface area contributed by atoms with Crippen molar-refractivity contribution in [2.75, 3.05) is 13.6 Å². The fourth-order valence-electron chi connectivity index (χ4n) is 2.68. The van der Waals surface area contributed by atoms with Crippen molar-refractivity contribution in [1.29, 1.82) is 0 Å². The Bertz CT molecular complexity index is 543. The van der Waals surface area contributed by atoms with E-state index in [4.69, 9.17) is 0 Å². The number of rotatable bonds is 5. The number of hydrogen-bond acceptors (Lipinski definition) is 4. The van der Waals surface area contributed by atoms with Crippen LogP contribution in [-0.2, 0) is 6.42 Å². The van der Waals surface area contributed by atoms with Crippen molar-refractivity contribution in [2.24, 2.45) is 0 Å². The smallest absolute Gasteiger partial charge is 0.133 e. The molecule has 2 heterocycles. The van der Waals surface area contributed by atoms with Crippen LogP contribution in [0.3, 0.4) is 0 Å². The van der Waals surface area contributed by atoms with Crippen molar-refractivity contribution in [1.82, 2.24) is 20.3 Å². The van der Waals surface area contributed by atoms with E-state index in [0.717, 1.165) is 35.7 Å². The third kappa shape index (κ3) is 3.39. The summed E-state index contributed by atoms with van der Waals surface area (Å²) in [6, 6.07) is 4.00. The molecule has 0 aromatic carbocycles. The maximum Gasteiger partial charge on any atom is 0.133 e. The maximum absolute atomic E-state index is 4.67. The molecule has 2 aromatic rings. The molecule has 0 spiro atoms. The largest absolute Gasteiger partial charge is 0.319 e. The minimum atomic E-state index is 0.424. The van der Waals surface area contributed by atoms with Crippen molar-refractivity contribution >= 4 is 0 Å². The summed E-state index contributed by atoms with van der Waals surface area (Å²) in [5.41, 5.74) is 4.56. The van der Waals surface area contributed by atoms with Crippen molar-refractivity contribution < 1.29 is 0 Å². The van der Waals surface area contributed by atoms with Crippen LogP contribution in [0.2, 0.25) is 0 Å². The van der Waals surface area contributed by atoms with E-state index in [1.54, 1.807) is 6.20 Å². The molecule has 0 aliphatic rings. The molecule has 0 amide bonds. The molecule has 2 rings (SSSR count). The summed E-state index contributed by atoms with van der Waals surface area (Å²) in [5.74, 6) is 1.29. The van der Waals surface area contributed by atoms with Gasteiger partial charge in [0.05, 0.1) is 0 Å². The van der Waals surface area contributed by atoms with Gasteiger partial charge in [0, 0.05) is 36.7 Å². The fraction of sp³-hybridized carbons (Fsp3) is 0.438. The molecule has 20 heavy (non-hydrogen) atoms. The van der Waals surface area contributed by atoms with Gasteiger partial charge in [0.15, 0.2) is 0 Å². The lowest BCUT2D eigenvalue weighted by Gasteiger charge is -2.17. The Kier molecular flexibility index (Phi) is 4.79. The summed E-state index contributed by atoms with van der Waals surface area (Å²) in [4.78, 5) is 13.5. The molecule has 4 nitrogen and oxygen atoms in total. The maximum atomic E-state index is 4.67. The Morgan fingerprint density at radius 2 is 1.90 bits per heavy atom. The van der Waals surface area contributed by atoms with Gasteiger partial charge in [-0.3, -0.25) is 4.98 Å². The molecule has 0 aliphatic heterocycles. The molecule has 0 radical (unpaired) electrons. The molecule has 4 heteroatoms. The van der Waals surface area contributed by atoms with Gasteiger partial charge in [-0.25, -0.2) is 9.97 Å². The third-order valence-electron chi connectivity index (χ3n) is 3.46. The molecule has 2 aromatic heterocycles. The number of nitrogens with one attached hydrogen (secondary N) is 1. The molecule has 1 unspecified atom stereocenters. The van der Waals surface area contributed by atoms with E-state index >= 15 is 0 Å². The number of pyridine rings is 1. The first-order valence-electron chi connectivity index (χ1n) is 6.99. The SMILES string of the molecule is CNCC(C)c1c(C)nc(Cc2cccnc2)nc1C. The number of aryl methyl sites for hydroxylation is 2. The quantitative estimate of drug-likeness (QED) is 0.906. The van der Waals surface area contributed by atoms with Crippen LogP contribution in [0.5, 0.6) is 0 Å². The van der Waals surface area contributed by atoms with E-state index in [1.807, 2.05) is 19.3 Å². The van der Waals surface area contributed by atoms with E-state index in [9.17, 15) is 0 Å². The molecule has 0 fully saturated rings. The number of likely N-dealkylation sites (N-methyl/N-ethyl adjacent to an activating group) is 1. The van der Waals surface area contributed by atoms with Crippen LogP contribution in [0.1, 0.15) is 41.2 Å². The highest BCUT2D eigenvalue weighted by Gasteiger charge is 2.14. The zero-order valence-corrected chi connectivity index (χ0v) is 12.6. The molecule has 106 valence electrons. The van der Waals surface area contributed by atoms with Crippen molar-refractivity contribution in [3.63, 3.8) is 0 Å². The Morgan fingerprint density at radius 3 is 2.45 bits per heavy atom. The zero-order chi connectivity index (χ0) is 14.5. The number of hydrogen-bond donors (Lipinski definition) is 1. The predicted molar refractivity (Wildman–Crippen MR) is 80.9 cm³/mol. The van der Waals surface area contributed by atoms with Crippen LogP contribution in [-0.4, -0.2) is 28.5 Å². The van der Waals surface area contributed by atoms with Crippen LogP contribution >= 0.6 is 0 Å². The first-order valence-corrected chi connectivity index (χ1v) is 6.99. The van der Waals surface area contributed by atoms with Gasteiger partial charge in [0.25, 0.3) is 0 Å². The van der Waals surface area contributed by atoms with Crippen LogP contribution in [0.15, 0.2) is 24.5 Å². The fourth-order valence-corrected chi connectivity index (χ4v) is 2.68. The topological polar surface area (TPSA) is 50.7 Å². The molecular formula is C16H22N4. The molecule has 0 aliphatic carbocycles. The average molecular weight is 270 g/mol. The molecular weight excluding hydrogens is 248 g/mol. The van der Waals surface area contributed by atoms with Crippen LogP contribution in [0.25, 0.3) is 0 Å². The average Bonchev–Trinajstić information content (AvgIpc) is 2.39. The highest BCUT2D eigenvalue weighted by molar-refractivity contribution is 5.29. The van der Waals surface area contributed by atoms with Gasteiger partial charge < -0.3 is 5.32 Å². The number of aromatic nitrogens is 3. The van der Waals surface area contributed by atoms with Crippen LogP contribution in [0, 0.1) is 13.8 Å². The lowest BCUT2D eigenvalue weighted by molar-refractivity contribution is 0.659. The Morgan fingerprint density at radius 1 is 1.20 bits per heavy atom. The third-order valence-corrected chi connectivity index (χ3v) is 3.46. The van der Waals surface area contributed by atoms with Gasteiger partial charge in [-0.2, -0.15) is 0 Å². The van der Waals surface area contributed by atoms with Crippen LogP contribution < -0.4 is 5.32 Å². The van der Waals surface area contributed by atoms with Gasteiger partial charge in [0.2, 0.25) is 0 Å². The lowest BCUT2D eigenvalue weighted by Crippen LogP contribution is -2.18. The van der Waals surface area contributed by atoms with Crippen molar-refractivity contribution in [2.45, 2.75) is 33.1 Å². The Labute approximate surface area is 120 Å². The number of nitrogens with zero attached hydrogens (tertiary/aromatic N) is 3. The van der Waals surface area contributed by atoms with Gasteiger partial charge >= 0.3 is 0 Å².